The Balaban J connectivity index is 1.84. The second-order valence-corrected chi connectivity index (χ2v) is 5.31. The van der Waals surface area contributed by atoms with E-state index in [2.05, 4.69) is 20.8 Å². The molecule has 0 bridgehead atoms. The van der Waals surface area contributed by atoms with E-state index in [4.69, 9.17) is 17.0 Å². The normalized spacial score (nSPS) is 10.5. The molecule has 0 unspecified atom stereocenters. The van der Waals surface area contributed by atoms with Crippen molar-refractivity contribution in [3.63, 3.8) is 0 Å². The number of methoxy groups -OCH3 is 1. The Labute approximate surface area is 126 Å². The summed E-state index contributed by atoms with van der Waals surface area (Å²) >= 11 is 6.71. The molecule has 1 aromatic carbocycles. The van der Waals surface area contributed by atoms with E-state index in [0.29, 0.717) is 5.11 Å². The maximum atomic E-state index is 5.13. The van der Waals surface area contributed by atoms with Gasteiger partial charge in [-0.2, -0.15) is 5.10 Å². The Morgan fingerprint density at radius 1 is 1.40 bits per heavy atom. The number of rotatable bonds is 4. The van der Waals surface area contributed by atoms with Crippen LogP contribution in [0.25, 0.3) is 0 Å². The number of hydrogen-bond donors (Lipinski definition) is 2. The molecule has 2 aromatic rings. The van der Waals surface area contributed by atoms with Crippen LogP contribution in [0.15, 0.2) is 34.7 Å². The fraction of sp³-hybridized carbons (Fsp3) is 0.154. The third kappa shape index (κ3) is 4.29. The van der Waals surface area contributed by atoms with Gasteiger partial charge >= 0.3 is 0 Å². The molecule has 0 aliphatic heterocycles. The van der Waals surface area contributed by atoms with E-state index in [-0.39, 0.29) is 0 Å². The third-order valence-corrected chi connectivity index (χ3v) is 3.33. The molecular weight excluding hydrogens is 292 g/mol. The molecule has 0 saturated carbocycles. The minimum atomic E-state index is 0.415. The summed E-state index contributed by atoms with van der Waals surface area (Å²) in [5.74, 6) is 0.798. The molecule has 0 aliphatic rings. The molecule has 1 aromatic heterocycles. The minimum absolute atomic E-state index is 0.415. The Morgan fingerprint density at radius 2 is 2.15 bits per heavy atom. The lowest BCUT2D eigenvalue weighted by Crippen LogP contribution is -2.23. The summed E-state index contributed by atoms with van der Waals surface area (Å²) in [5.41, 5.74) is 4.42. The zero-order valence-corrected chi connectivity index (χ0v) is 12.7. The van der Waals surface area contributed by atoms with Crippen molar-refractivity contribution in [1.82, 2.24) is 10.4 Å². The van der Waals surface area contributed by atoms with Crippen molar-refractivity contribution in [3.05, 3.63) is 40.3 Å². The summed E-state index contributed by atoms with van der Waals surface area (Å²) in [7, 11) is 1.63. The smallest absolute Gasteiger partial charge is 0.191 e. The first kappa shape index (κ1) is 14.4. The van der Waals surface area contributed by atoms with E-state index in [1.54, 1.807) is 24.7 Å². The van der Waals surface area contributed by atoms with Crippen LogP contribution < -0.4 is 15.5 Å². The van der Waals surface area contributed by atoms with Crippen molar-refractivity contribution in [3.8, 4) is 5.75 Å². The Kier molecular flexibility index (Phi) is 5.03. The molecule has 20 heavy (non-hydrogen) atoms. The van der Waals surface area contributed by atoms with E-state index in [1.165, 1.54) is 0 Å². The van der Waals surface area contributed by atoms with Crippen molar-refractivity contribution in [2.24, 2.45) is 5.10 Å². The van der Waals surface area contributed by atoms with Crippen molar-refractivity contribution >= 4 is 40.6 Å². The maximum Gasteiger partial charge on any atom is 0.191 e. The topological polar surface area (TPSA) is 58.5 Å². The van der Waals surface area contributed by atoms with Gasteiger partial charge in [0, 0.05) is 11.1 Å². The zero-order chi connectivity index (χ0) is 14.4. The first-order valence-electron chi connectivity index (χ1n) is 5.83. The Bertz CT molecular complexity index is 607. The second kappa shape index (κ2) is 6.97. The molecule has 0 radical (unpaired) electrons. The molecular formula is C13H14N4OS2. The van der Waals surface area contributed by atoms with Crippen molar-refractivity contribution in [2.45, 2.75) is 6.92 Å². The van der Waals surface area contributed by atoms with E-state index in [1.807, 2.05) is 36.6 Å². The van der Waals surface area contributed by atoms with Gasteiger partial charge in [-0.3, -0.25) is 5.43 Å². The number of benzene rings is 1. The molecule has 0 spiro atoms. The lowest BCUT2D eigenvalue weighted by Gasteiger charge is -2.07. The molecule has 0 fully saturated rings. The van der Waals surface area contributed by atoms with Gasteiger partial charge in [0.2, 0.25) is 0 Å². The van der Waals surface area contributed by atoms with Crippen LogP contribution in [-0.2, 0) is 0 Å². The molecule has 0 saturated heterocycles. The first-order valence-corrected chi connectivity index (χ1v) is 7.12. The standard InChI is InChI=1S/C13H14N4OS2/c1-9-15-11(8-20-9)7-14-17-13(19)16-10-3-5-12(18-2)6-4-10/h3-8H,1-2H3,(H2,16,17,19)/b14-7+. The fourth-order valence-corrected chi connectivity index (χ4v) is 2.16. The summed E-state index contributed by atoms with van der Waals surface area (Å²) in [6.45, 7) is 1.95. The molecule has 5 nitrogen and oxygen atoms in total. The van der Waals surface area contributed by atoms with Gasteiger partial charge in [0.1, 0.15) is 5.75 Å². The summed E-state index contributed by atoms with van der Waals surface area (Å²) in [4.78, 5) is 4.26. The van der Waals surface area contributed by atoms with E-state index in [0.717, 1.165) is 22.1 Å². The number of thiocarbonyl (C=S) groups is 1. The van der Waals surface area contributed by atoms with Gasteiger partial charge in [-0.1, -0.05) is 0 Å². The summed E-state index contributed by atoms with van der Waals surface area (Å²) < 4.78 is 5.08. The van der Waals surface area contributed by atoms with Gasteiger partial charge in [0.25, 0.3) is 0 Å². The molecule has 0 aliphatic carbocycles. The SMILES string of the molecule is COc1ccc(NC(=S)N/N=C/c2csc(C)n2)cc1. The summed E-state index contributed by atoms with van der Waals surface area (Å²) in [5, 5.41) is 10.4. The van der Waals surface area contributed by atoms with Crippen LogP contribution in [0.3, 0.4) is 0 Å². The highest BCUT2D eigenvalue weighted by Crippen LogP contribution is 2.14. The number of ether oxygens (including phenoxy) is 1. The van der Waals surface area contributed by atoms with E-state index < -0.39 is 0 Å². The molecule has 7 heteroatoms. The van der Waals surface area contributed by atoms with Crippen molar-refractivity contribution in [2.75, 3.05) is 12.4 Å². The molecule has 1 heterocycles. The monoisotopic (exact) mass is 306 g/mol. The average Bonchev–Trinajstić information content (AvgIpc) is 2.85. The van der Waals surface area contributed by atoms with Gasteiger partial charge in [0.15, 0.2) is 5.11 Å². The predicted molar refractivity (Wildman–Crippen MR) is 86.8 cm³/mol. The average molecular weight is 306 g/mol. The Hall–Kier alpha value is -1.99. The van der Waals surface area contributed by atoms with E-state index in [9.17, 15) is 0 Å². The van der Waals surface area contributed by atoms with Gasteiger partial charge < -0.3 is 10.1 Å². The second-order valence-electron chi connectivity index (χ2n) is 3.84. The lowest BCUT2D eigenvalue weighted by molar-refractivity contribution is 0.415. The largest absolute Gasteiger partial charge is 0.497 e. The summed E-state index contributed by atoms with van der Waals surface area (Å²) in [6, 6.07) is 7.46. The van der Waals surface area contributed by atoms with Crippen LogP contribution in [0.1, 0.15) is 10.7 Å². The molecule has 0 atom stereocenters. The van der Waals surface area contributed by atoms with Crippen LogP contribution in [0.2, 0.25) is 0 Å². The number of nitrogens with zero attached hydrogens (tertiary/aromatic N) is 2. The summed E-state index contributed by atoms with van der Waals surface area (Å²) in [6.07, 6.45) is 1.63. The maximum absolute atomic E-state index is 5.13. The van der Waals surface area contributed by atoms with Crippen molar-refractivity contribution in [1.29, 1.82) is 0 Å². The van der Waals surface area contributed by atoms with Crippen LogP contribution in [0.5, 0.6) is 5.75 Å². The molecule has 2 rings (SSSR count). The van der Waals surface area contributed by atoms with Gasteiger partial charge in [0.05, 0.1) is 24.0 Å². The van der Waals surface area contributed by atoms with Crippen LogP contribution in [0, 0.1) is 6.92 Å². The van der Waals surface area contributed by atoms with Crippen molar-refractivity contribution < 1.29 is 4.74 Å². The molecule has 104 valence electrons. The number of hydrogen-bond acceptors (Lipinski definition) is 5. The zero-order valence-electron chi connectivity index (χ0n) is 11.1. The quantitative estimate of drug-likeness (QED) is 0.517. The number of anilines is 1. The Morgan fingerprint density at radius 3 is 2.75 bits per heavy atom. The number of nitrogens with one attached hydrogen (secondary N) is 2. The first-order chi connectivity index (χ1) is 9.67. The van der Waals surface area contributed by atoms with Gasteiger partial charge in [-0.25, -0.2) is 4.98 Å². The van der Waals surface area contributed by atoms with Crippen LogP contribution in [-0.4, -0.2) is 23.4 Å². The van der Waals surface area contributed by atoms with Crippen LogP contribution >= 0.6 is 23.6 Å². The van der Waals surface area contributed by atoms with Gasteiger partial charge in [-0.15, -0.1) is 11.3 Å². The van der Waals surface area contributed by atoms with E-state index >= 15 is 0 Å². The number of aryl methyl sites for hydroxylation is 1. The molecule has 0 amide bonds. The highest BCUT2D eigenvalue weighted by molar-refractivity contribution is 7.80. The highest BCUT2D eigenvalue weighted by atomic mass is 32.1. The number of thiazole rings is 1. The van der Waals surface area contributed by atoms with Crippen LogP contribution in [0.4, 0.5) is 5.69 Å². The lowest BCUT2D eigenvalue weighted by atomic mass is 10.3. The fourth-order valence-electron chi connectivity index (χ4n) is 1.43. The third-order valence-electron chi connectivity index (χ3n) is 2.35. The predicted octanol–water partition coefficient (Wildman–Crippen LogP) is 2.78. The number of aromatic nitrogens is 1. The number of hydrazone groups is 1. The molecule has 2 N–H and O–H groups in total. The highest BCUT2D eigenvalue weighted by Gasteiger charge is 1.97. The van der Waals surface area contributed by atoms with Gasteiger partial charge in [-0.05, 0) is 43.4 Å². The minimum Gasteiger partial charge on any atom is -0.497 e.